The Morgan fingerprint density at radius 2 is 1.83 bits per heavy atom. The number of benzene rings is 1. The lowest BCUT2D eigenvalue weighted by atomic mass is 9.78. The van der Waals surface area contributed by atoms with Gasteiger partial charge in [0.25, 0.3) is 0 Å². The summed E-state index contributed by atoms with van der Waals surface area (Å²) in [5.41, 5.74) is 7.10. The molecule has 0 aliphatic carbocycles. The van der Waals surface area contributed by atoms with Crippen molar-refractivity contribution in [3.8, 4) is 0 Å². The van der Waals surface area contributed by atoms with Gasteiger partial charge in [0.05, 0.1) is 12.4 Å². The van der Waals surface area contributed by atoms with E-state index in [2.05, 4.69) is 0 Å². The van der Waals surface area contributed by atoms with E-state index in [4.69, 9.17) is 5.73 Å². The van der Waals surface area contributed by atoms with Gasteiger partial charge >= 0.3 is 0 Å². The van der Waals surface area contributed by atoms with Crippen molar-refractivity contribution < 1.29 is 13.5 Å². The molecule has 102 valence electrons. The average molecular weight is 271 g/mol. The lowest BCUT2D eigenvalue weighted by molar-refractivity contribution is 0.193. The number of hydrogen-bond donors (Lipinski definition) is 2. The van der Waals surface area contributed by atoms with Crippen LogP contribution in [-0.4, -0.2) is 38.7 Å². The monoisotopic (exact) mass is 271 g/mol. The Morgan fingerprint density at radius 3 is 2.22 bits per heavy atom. The molecule has 18 heavy (non-hydrogen) atoms. The first-order valence-electron chi connectivity index (χ1n) is 5.89. The summed E-state index contributed by atoms with van der Waals surface area (Å²) in [5.74, 6) is 0.0264. The molecule has 1 atom stereocenters. The molecule has 0 aliphatic rings. The molecular formula is C13H21NO3S. The van der Waals surface area contributed by atoms with Crippen molar-refractivity contribution in [2.75, 3.05) is 25.2 Å². The highest BCUT2D eigenvalue weighted by molar-refractivity contribution is 7.90. The predicted octanol–water partition coefficient (Wildman–Crippen LogP) is 0.619. The van der Waals surface area contributed by atoms with Crippen LogP contribution in [0.5, 0.6) is 0 Å². The molecule has 4 nitrogen and oxygen atoms in total. The summed E-state index contributed by atoms with van der Waals surface area (Å²) in [4.78, 5) is 0. The molecule has 0 aromatic heterocycles. The summed E-state index contributed by atoms with van der Waals surface area (Å²) in [6.45, 7) is 2.05. The van der Waals surface area contributed by atoms with Crippen LogP contribution in [0, 0.1) is 6.92 Å². The average Bonchev–Trinajstić information content (AvgIpc) is 2.32. The zero-order valence-corrected chi connectivity index (χ0v) is 11.7. The Bertz CT molecular complexity index is 475. The van der Waals surface area contributed by atoms with E-state index in [0.717, 1.165) is 11.1 Å². The van der Waals surface area contributed by atoms with Gasteiger partial charge < -0.3 is 10.8 Å². The van der Waals surface area contributed by atoms with E-state index in [9.17, 15) is 13.5 Å². The molecule has 0 amide bonds. The molecule has 1 rings (SSSR count). The van der Waals surface area contributed by atoms with E-state index in [-0.39, 0.29) is 18.9 Å². The van der Waals surface area contributed by atoms with Gasteiger partial charge in [-0.2, -0.15) is 0 Å². The number of aliphatic hydroxyl groups is 1. The fourth-order valence-electron chi connectivity index (χ4n) is 1.89. The summed E-state index contributed by atoms with van der Waals surface area (Å²) < 4.78 is 22.5. The Morgan fingerprint density at radius 1 is 1.28 bits per heavy atom. The minimum atomic E-state index is -3.06. The van der Waals surface area contributed by atoms with Crippen molar-refractivity contribution >= 4 is 9.84 Å². The van der Waals surface area contributed by atoms with Gasteiger partial charge in [-0.25, -0.2) is 8.42 Å². The third-order valence-corrected chi connectivity index (χ3v) is 4.25. The van der Waals surface area contributed by atoms with Crippen LogP contribution >= 0.6 is 0 Å². The third kappa shape index (κ3) is 3.80. The van der Waals surface area contributed by atoms with E-state index in [0.29, 0.717) is 6.42 Å². The number of sulfone groups is 1. The fraction of sp³-hybridized carbons (Fsp3) is 0.538. The molecule has 5 heteroatoms. The normalized spacial score (nSPS) is 15.3. The Labute approximate surface area is 109 Å². The largest absolute Gasteiger partial charge is 0.395 e. The van der Waals surface area contributed by atoms with Crippen LogP contribution in [0.1, 0.15) is 17.5 Å². The first-order valence-corrected chi connectivity index (χ1v) is 7.95. The molecule has 0 saturated carbocycles. The van der Waals surface area contributed by atoms with E-state index < -0.39 is 15.3 Å². The van der Waals surface area contributed by atoms with Gasteiger partial charge in [0.15, 0.2) is 0 Å². The van der Waals surface area contributed by atoms with E-state index in [1.54, 1.807) is 0 Å². The molecule has 3 N–H and O–H groups in total. The first kappa shape index (κ1) is 15.1. The van der Waals surface area contributed by atoms with E-state index >= 15 is 0 Å². The maximum atomic E-state index is 11.3. The quantitative estimate of drug-likeness (QED) is 0.795. The maximum absolute atomic E-state index is 11.3. The van der Waals surface area contributed by atoms with Crippen molar-refractivity contribution in [3.63, 3.8) is 0 Å². The highest BCUT2D eigenvalue weighted by Gasteiger charge is 2.31. The van der Waals surface area contributed by atoms with Crippen LogP contribution in [0.4, 0.5) is 0 Å². The highest BCUT2D eigenvalue weighted by Crippen LogP contribution is 2.27. The summed E-state index contributed by atoms with van der Waals surface area (Å²) in [6, 6.07) is 7.69. The van der Waals surface area contributed by atoms with Gasteiger partial charge in [-0.3, -0.25) is 0 Å². The molecule has 0 radical (unpaired) electrons. The van der Waals surface area contributed by atoms with Crippen molar-refractivity contribution in [1.29, 1.82) is 0 Å². The Hall–Kier alpha value is -0.910. The number of rotatable bonds is 6. The molecule has 0 heterocycles. The van der Waals surface area contributed by atoms with E-state index in [1.807, 2.05) is 31.2 Å². The summed E-state index contributed by atoms with van der Waals surface area (Å²) in [5, 5.41) is 9.62. The zero-order valence-electron chi connectivity index (χ0n) is 10.9. The Kier molecular flexibility index (Phi) is 4.90. The number of aryl methyl sites for hydroxylation is 1. The minimum Gasteiger partial charge on any atom is -0.395 e. The van der Waals surface area contributed by atoms with Crippen LogP contribution < -0.4 is 5.73 Å². The molecule has 1 aromatic carbocycles. The van der Waals surface area contributed by atoms with Crippen LogP contribution in [0.3, 0.4) is 0 Å². The molecule has 0 bridgehead atoms. The second-order valence-corrected chi connectivity index (χ2v) is 7.15. The van der Waals surface area contributed by atoms with Gasteiger partial charge in [0.1, 0.15) is 9.84 Å². The summed E-state index contributed by atoms with van der Waals surface area (Å²) >= 11 is 0. The third-order valence-electron chi connectivity index (χ3n) is 3.31. The summed E-state index contributed by atoms with van der Waals surface area (Å²) in [6.07, 6.45) is 1.53. The number of aliphatic hydroxyl groups excluding tert-OH is 1. The molecular weight excluding hydrogens is 250 g/mol. The van der Waals surface area contributed by atoms with Gasteiger partial charge in [-0.1, -0.05) is 29.8 Å². The lowest BCUT2D eigenvalue weighted by Crippen LogP contribution is -2.40. The minimum absolute atomic E-state index is 0.0264. The fourth-order valence-corrected chi connectivity index (χ4v) is 2.65. The second-order valence-electron chi connectivity index (χ2n) is 4.89. The van der Waals surface area contributed by atoms with Crippen molar-refractivity contribution in [2.45, 2.75) is 18.8 Å². The molecule has 0 spiro atoms. The first-order chi connectivity index (χ1) is 8.33. The molecule has 0 aliphatic heterocycles. The van der Waals surface area contributed by atoms with Gasteiger partial charge in [-0.15, -0.1) is 0 Å². The topological polar surface area (TPSA) is 80.4 Å². The number of hydrogen-bond acceptors (Lipinski definition) is 4. The Balaban J connectivity index is 3.02. The molecule has 1 unspecified atom stereocenters. The number of nitrogens with two attached hydrogens (primary N) is 1. The van der Waals surface area contributed by atoms with Crippen molar-refractivity contribution in [3.05, 3.63) is 35.4 Å². The second kappa shape index (κ2) is 5.82. The SMILES string of the molecule is Cc1ccc(C(CN)(CO)CCS(C)(=O)=O)cc1. The molecule has 1 aromatic rings. The summed E-state index contributed by atoms with van der Waals surface area (Å²) in [7, 11) is -3.06. The van der Waals surface area contributed by atoms with Crippen LogP contribution in [0.2, 0.25) is 0 Å². The smallest absolute Gasteiger partial charge is 0.147 e. The van der Waals surface area contributed by atoms with Crippen LogP contribution in [-0.2, 0) is 15.3 Å². The van der Waals surface area contributed by atoms with Crippen molar-refractivity contribution in [1.82, 2.24) is 0 Å². The zero-order chi connectivity index (χ0) is 13.8. The molecule has 0 fully saturated rings. The van der Waals surface area contributed by atoms with Gasteiger partial charge in [0.2, 0.25) is 0 Å². The van der Waals surface area contributed by atoms with Crippen molar-refractivity contribution in [2.24, 2.45) is 5.73 Å². The van der Waals surface area contributed by atoms with Crippen LogP contribution in [0.15, 0.2) is 24.3 Å². The van der Waals surface area contributed by atoms with E-state index in [1.165, 1.54) is 6.26 Å². The maximum Gasteiger partial charge on any atom is 0.147 e. The lowest BCUT2D eigenvalue weighted by Gasteiger charge is -2.31. The standard InChI is InChI=1S/C13H21NO3S/c1-11-3-5-12(6-4-11)13(9-14,10-15)7-8-18(2,16)17/h3-6,15H,7-10,14H2,1-2H3. The van der Waals surface area contributed by atoms with Gasteiger partial charge in [0, 0.05) is 18.2 Å². The van der Waals surface area contributed by atoms with Crippen LogP contribution in [0.25, 0.3) is 0 Å². The van der Waals surface area contributed by atoms with Gasteiger partial charge in [-0.05, 0) is 18.9 Å². The molecule has 0 saturated heterocycles. The predicted molar refractivity (Wildman–Crippen MR) is 73.3 cm³/mol. The highest BCUT2D eigenvalue weighted by atomic mass is 32.2.